The number of aliphatic hydroxyl groups is 1. The molecule has 3 unspecified atom stereocenters. The van der Waals surface area contributed by atoms with E-state index in [-0.39, 0.29) is 24.0 Å². The van der Waals surface area contributed by atoms with Crippen LogP contribution in [-0.2, 0) is 7.05 Å². The van der Waals surface area contributed by atoms with Crippen LogP contribution < -0.4 is 0 Å². The molecule has 1 N–H and O–H groups in total. The van der Waals surface area contributed by atoms with Gasteiger partial charge in [-0.2, -0.15) is 5.10 Å². The van der Waals surface area contributed by atoms with Crippen molar-refractivity contribution in [3.05, 3.63) is 17.5 Å². The summed E-state index contributed by atoms with van der Waals surface area (Å²) in [5, 5.41) is 14.6. The summed E-state index contributed by atoms with van der Waals surface area (Å²) in [5.74, 6) is 0.336. The number of rotatable bonds is 2. The van der Waals surface area contributed by atoms with Gasteiger partial charge in [0.1, 0.15) is 0 Å². The van der Waals surface area contributed by atoms with Gasteiger partial charge in [-0.1, -0.05) is 12.8 Å². The molecule has 2 heterocycles. The highest BCUT2D eigenvalue weighted by Gasteiger charge is 2.39. The van der Waals surface area contributed by atoms with Gasteiger partial charge in [0.05, 0.1) is 17.4 Å². The fraction of sp³-hybridized carbons (Fsp3) is 0.750. The average molecular weight is 291 g/mol. The Balaban J connectivity index is 1.80. The quantitative estimate of drug-likeness (QED) is 0.905. The molecule has 1 amide bonds. The lowest BCUT2D eigenvalue weighted by atomic mass is 9.80. The van der Waals surface area contributed by atoms with Crippen LogP contribution in [0.2, 0.25) is 0 Å². The number of likely N-dealkylation sites (tertiary alicyclic amines) is 1. The summed E-state index contributed by atoms with van der Waals surface area (Å²) in [5.41, 5.74) is 1.49. The number of amides is 1. The number of hydrogen-bond donors (Lipinski definition) is 1. The van der Waals surface area contributed by atoms with Gasteiger partial charge in [0.2, 0.25) is 0 Å². The molecule has 5 heteroatoms. The first-order chi connectivity index (χ1) is 10.1. The van der Waals surface area contributed by atoms with Crippen LogP contribution >= 0.6 is 0 Å². The average Bonchev–Trinajstić information content (AvgIpc) is 3.05. The van der Waals surface area contributed by atoms with E-state index in [2.05, 4.69) is 5.10 Å². The van der Waals surface area contributed by atoms with Gasteiger partial charge in [-0.3, -0.25) is 9.48 Å². The Kier molecular flexibility index (Phi) is 4.02. The predicted octanol–water partition coefficient (Wildman–Crippen LogP) is 1.88. The van der Waals surface area contributed by atoms with Crippen molar-refractivity contribution in [3.63, 3.8) is 0 Å². The molecule has 2 fully saturated rings. The van der Waals surface area contributed by atoms with E-state index in [0.29, 0.717) is 5.56 Å². The van der Waals surface area contributed by atoms with Crippen LogP contribution in [0.1, 0.15) is 54.6 Å². The Morgan fingerprint density at radius 3 is 2.71 bits per heavy atom. The zero-order chi connectivity index (χ0) is 15.0. The highest BCUT2D eigenvalue weighted by molar-refractivity contribution is 5.95. The van der Waals surface area contributed by atoms with Crippen molar-refractivity contribution in [1.82, 2.24) is 14.7 Å². The normalized spacial score (nSPS) is 29.9. The maximum absolute atomic E-state index is 12.8. The summed E-state index contributed by atoms with van der Waals surface area (Å²) in [6.45, 7) is 2.69. The van der Waals surface area contributed by atoms with Crippen LogP contribution in [0.25, 0.3) is 0 Å². The molecule has 1 saturated carbocycles. The third-order valence-electron chi connectivity index (χ3n) is 5.08. The van der Waals surface area contributed by atoms with E-state index in [1.54, 1.807) is 4.68 Å². The van der Waals surface area contributed by atoms with E-state index in [4.69, 9.17) is 0 Å². The first kappa shape index (κ1) is 14.6. The van der Waals surface area contributed by atoms with E-state index in [9.17, 15) is 9.90 Å². The molecule has 0 bridgehead atoms. The van der Waals surface area contributed by atoms with Crippen molar-refractivity contribution in [1.29, 1.82) is 0 Å². The molecule has 116 valence electrons. The van der Waals surface area contributed by atoms with Gasteiger partial charge in [0.25, 0.3) is 5.91 Å². The number of nitrogens with zero attached hydrogens (tertiary/aromatic N) is 3. The zero-order valence-electron chi connectivity index (χ0n) is 13.0. The number of aromatic nitrogens is 2. The minimum Gasteiger partial charge on any atom is -0.393 e. The second kappa shape index (κ2) is 5.79. The number of aliphatic hydroxyl groups excluding tert-OH is 1. The predicted molar refractivity (Wildman–Crippen MR) is 80.0 cm³/mol. The second-order valence-electron chi connectivity index (χ2n) is 6.53. The van der Waals surface area contributed by atoms with Crippen LogP contribution in [-0.4, -0.2) is 44.4 Å². The van der Waals surface area contributed by atoms with Gasteiger partial charge in [0, 0.05) is 31.7 Å². The minimum atomic E-state index is -0.243. The Morgan fingerprint density at radius 2 is 2.05 bits per heavy atom. The van der Waals surface area contributed by atoms with Gasteiger partial charge in [-0.05, 0) is 32.6 Å². The third-order valence-corrected chi connectivity index (χ3v) is 5.08. The SMILES string of the molecule is Cc1nn(C)cc1C(=O)N1CCCC1C1CCCCC1O. The number of carbonyl (C=O) groups is 1. The largest absolute Gasteiger partial charge is 0.393 e. The molecule has 21 heavy (non-hydrogen) atoms. The zero-order valence-corrected chi connectivity index (χ0v) is 13.0. The van der Waals surface area contributed by atoms with Gasteiger partial charge >= 0.3 is 0 Å². The molecular weight excluding hydrogens is 266 g/mol. The fourth-order valence-electron chi connectivity index (χ4n) is 4.04. The van der Waals surface area contributed by atoms with E-state index in [0.717, 1.165) is 44.3 Å². The van der Waals surface area contributed by atoms with E-state index in [1.165, 1.54) is 6.42 Å². The van der Waals surface area contributed by atoms with Gasteiger partial charge in [-0.15, -0.1) is 0 Å². The van der Waals surface area contributed by atoms with E-state index >= 15 is 0 Å². The van der Waals surface area contributed by atoms with Crippen molar-refractivity contribution in [2.75, 3.05) is 6.54 Å². The van der Waals surface area contributed by atoms with Crippen LogP contribution in [0.5, 0.6) is 0 Å². The van der Waals surface area contributed by atoms with E-state index < -0.39 is 0 Å². The first-order valence-electron chi connectivity index (χ1n) is 8.07. The number of hydrogen-bond acceptors (Lipinski definition) is 3. The number of aryl methyl sites for hydroxylation is 2. The Bertz CT molecular complexity index is 526. The summed E-state index contributed by atoms with van der Waals surface area (Å²) in [7, 11) is 1.84. The lowest BCUT2D eigenvalue weighted by Crippen LogP contribution is -2.45. The smallest absolute Gasteiger partial charge is 0.257 e. The molecule has 1 aromatic rings. The van der Waals surface area contributed by atoms with Gasteiger partial charge in [0.15, 0.2) is 0 Å². The molecule has 5 nitrogen and oxygen atoms in total. The molecular formula is C16H25N3O2. The number of carbonyl (C=O) groups excluding carboxylic acids is 1. The topological polar surface area (TPSA) is 58.4 Å². The minimum absolute atomic E-state index is 0.0841. The molecule has 0 radical (unpaired) electrons. The molecule has 1 aliphatic carbocycles. The van der Waals surface area contributed by atoms with Crippen LogP contribution in [0.4, 0.5) is 0 Å². The van der Waals surface area contributed by atoms with Crippen LogP contribution in [0, 0.1) is 12.8 Å². The van der Waals surface area contributed by atoms with Crippen molar-refractivity contribution in [2.45, 2.75) is 57.6 Å². The third kappa shape index (κ3) is 2.71. The van der Waals surface area contributed by atoms with Crippen LogP contribution in [0.15, 0.2) is 6.20 Å². The molecule has 1 aromatic heterocycles. The van der Waals surface area contributed by atoms with Crippen molar-refractivity contribution < 1.29 is 9.90 Å². The lowest BCUT2D eigenvalue weighted by molar-refractivity contribution is 0.0211. The van der Waals surface area contributed by atoms with Gasteiger partial charge in [-0.25, -0.2) is 0 Å². The Hall–Kier alpha value is -1.36. The van der Waals surface area contributed by atoms with Crippen LogP contribution in [0.3, 0.4) is 0 Å². The van der Waals surface area contributed by atoms with Crippen molar-refractivity contribution in [3.8, 4) is 0 Å². The lowest BCUT2D eigenvalue weighted by Gasteiger charge is -2.37. The molecule has 2 aliphatic rings. The summed E-state index contributed by atoms with van der Waals surface area (Å²) < 4.78 is 1.70. The highest BCUT2D eigenvalue weighted by Crippen LogP contribution is 2.35. The van der Waals surface area contributed by atoms with Gasteiger partial charge < -0.3 is 10.0 Å². The van der Waals surface area contributed by atoms with Crippen molar-refractivity contribution >= 4 is 5.91 Å². The second-order valence-corrected chi connectivity index (χ2v) is 6.53. The van der Waals surface area contributed by atoms with Crippen molar-refractivity contribution in [2.24, 2.45) is 13.0 Å². The maximum atomic E-state index is 12.8. The molecule has 0 spiro atoms. The van der Waals surface area contributed by atoms with E-state index in [1.807, 2.05) is 25.1 Å². The first-order valence-corrected chi connectivity index (χ1v) is 8.07. The maximum Gasteiger partial charge on any atom is 0.257 e. The Morgan fingerprint density at radius 1 is 1.29 bits per heavy atom. The standard InChI is InChI=1S/C16H25N3O2/c1-11-13(10-18(2)17-11)16(21)19-9-5-7-14(19)12-6-3-4-8-15(12)20/h10,12,14-15,20H,3-9H2,1-2H3. The molecule has 0 aromatic carbocycles. The highest BCUT2D eigenvalue weighted by atomic mass is 16.3. The monoisotopic (exact) mass is 291 g/mol. The molecule has 1 aliphatic heterocycles. The molecule has 3 rings (SSSR count). The fourth-order valence-corrected chi connectivity index (χ4v) is 4.04. The summed E-state index contributed by atoms with van der Waals surface area (Å²) in [6, 6.07) is 0.201. The summed E-state index contributed by atoms with van der Waals surface area (Å²) in [6.07, 6.45) is 7.84. The molecule has 1 saturated heterocycles. The molecule has 3 atom stereocenters. The summed E-state index contributed by atoms with van der Waals surface area (Å²) >= 11 is 0. The summed E-state index contributed by atoms with van der Waals surface area (Å²) in [4.78, 5) is 14.8. The Labute approximate surface area is 125 Å².